The van der Waals surface area contributed by atoms with Crippen molar-refractivity contribution in [2.45, 2.75) is 69.2 Å². The number of nitrogens with one attached hydrogen (secondary N) is 3. The molecule has 1 aromatic carbocycles. The Kier molecular flexibility index (Phi) is 10.2. The van der Waals surface area contributed by atoms with Crippen LogP contribution in [0.25, 0.3) is 0 Å². The van der Waals surface area contributed by atoms with E-state index < -0.39 is 47.4 Å². The number of rotatable bonds is 14. The lowest BCUT2D eigenvalue weighted by Crippen LogP contribution is -2.57. The van der Waals surface area contributed by atoms with Gasteiger partial charge in [-0.25, -0.2) is 8.78 Å². The zero-order valence-electron chi connectivity index (χ0n) is 24.3. The molecule has 4 rings (SSSR count). The number of alkyl halides is 2. The monoisotopic (exact) mass is 594 g/mol. The molecule has 3 N–H and O–H groups in total. The molecule has 0 spiro atoms. The van der Waals surface area contributed by atoms with Gasteiger partial charge in [-0.1, -0.05) is 12.1 Å². The summed E-state index contributed by atoms with van der Waals surface area (Å²) in [5.41, 5.74) is -0.364. The molecule has 4 atom stereocenters. The van der Waals surface area contributed by atoms with Crippen LogP contribution in [0.5, 0.6) is 5.75 Å². The second kappa shape index (κ2) is 13.4. The van der Waals surface area contributed by atoms with Crippen LogP contribution >= 0.6 is 0 Å². The maximum atomic E-state index is 13.6. The zero-order valence-corrected chi connectivity index (χ0v) is 24.3. The molecule has 0 unspecified atom stereocenters. The molecule has 0 aromatic heterocycles. The Morgan fingerprint density at radius 1 is 1.02 bits per heavy atom. The smallest absolute Gasteiger partial charge is 0.248 e. The Hall–Kier alpha value is -3.16. The molecule has 1 saturated carbocycles. The number of Topliss-reactive ketones (excluding diaryl/α,β-unsaturated/α-hetero) is 1. The highest BCUT2D eigenvalue weighted by Crippen LogP contribution is 2.45. The van der Waals surface area contributed by atoms with Gasteiger partial charge >= 0.3 is 0 Å². The first-order valence-electron chi connectivity index (χ1n) is 14.3. The number of methoxy groups -OCH3 is 1. The van der Waals surface area contributed by atoms with Crippen LogP contribution in [0, 0.1) is 5.92 Å². The topological polar surface area (TPSA) is 139 Å². The number of morpholine rings is 1. The van der Waals surface area contributed by atoms with Crippen molar-refractivity contribution in [2.75, 3.05) is 46.6 Å². The molecule has 0 bridgehead atoms. The Morgan fingerprint density at radius 3 is 2.21 bits per heavy atom. The van der Waals surface area contributed by atoms with E-state index in [-0.39, 0.29) is 50.5 Å². The van der Waals surface area contributed by atoms with Crippen LogP contribution in [0.4, 0.5) is 8.78 Å². The average Bonchev–Trinajstić information content (AvgIpc) is 3.69. The first-order valence-corrected chi connectivity index (χ1v) is 14.3. The second-order valence-electron chi connectivity index (χ2n) is 11.6. The molecule has 1 aromatic rings. The van der Waals surface area contributed by atoms with Crippen LogP contribution in [0.1, 0.15) is 38.7 Å². The van der Waals surface area contributed by atoms with Gasteiger partial charge in [-0.05, 0) is 43.9 Å². The summed E-state index contributed by atoms with van der Waals surface area (Å²) in [7, 11) is 1.53. The molecule has 13 heteroatoms. The Morgan fingerprint density at radius 2 is 1.64 bits per heavy atom. The number of ether oxygens (including phenoxy) is 3. The number of hydrogen-bond donors (Lipinski definition) is 3. The molecule has 2 saturated heterocycles. The molecule has 42 heavy (non-hydrogen) atoms. The van der Waals surface area contributed by atoms with Crippen LogP contribution in [-0.4, -0.2) is 105 Å². The normalized spacial score (nSPS) is 23.9. The number of amides is 3. The van der Waals surface area contributed by atoms with E-state index >= 15 is 0 Å². The molecule has 11 nitrogen and oxygen atoms in total. The minimum atomic E-state index is -2.77. The van der Waals surface area contributed by atoms with E-state index in [1.165, 1.54) is 14.0 Å². The van der Waals surface area contributed by atoms with Crippen molar-refractivity contribution in [1.29, 1.82) is 0 Å². The summed E-state index contributed by atoms with van der Waals surface area (Å²) < 4.78 is 42.8. The van der Waals surface area contributed by atoms with Gasteiger partial charge in [0, 0.05) is 32.4 Å². The number of halogens is 2. The minimum absolute atomic E-state index is 0.0519. The third-order valence-corrected chi connectivity index (χ3v) is 7.95. The average molecular weight is 595 g/mol. The van der Waals surface area contributed by atoms with Gasteiger partial charge < -0.3 is 30.2 Å². The van der Waals surface area contributed by atoms with Gasteiger partial charge in [0.2, 0.25) is 23.6 Å². The Balaban J connectivity index is 1.43. The van der Waals surface area contributed by atoms with E-state index in [1.54, 1.807) is 31.2 Å². The molecule has 3 fully saturated rings. The van der Waals surface area contributed by atoms with Gasteiger partial charge in [0.15, 0.2) is 5.78 Å². The third kappa shape index (κ3) is 8.68. The van der Waals surface area contributed by atoms with Gasteiger partial charge in [0.1, 0.15) is 23.4 Å². The predicted molar refractivity (Wildman–Crippen MR) is 147 cm³/mol. The second-order valence-corrected chi connectivity index (χ2v) is 11.6. The van der Waals surface area contributed by atoms with Crippen LogP contribution in [0.15, 0.2) is 24.3 Å². The van der Waals surface area contributed by atoms with Crippen molar-refractivity contribution in [1.82, 2.24) is 20.9 Å². The van der Waals surface area contributed by atoms with Crippen LogP contribution in [0.3, 0.4) is 0 Å². The highest BCUT2D eigenvalue weighted by atomic mass is 19.3. The van der Waals surface area contributed by atoms with E-state index in [4.69, 9.17) is 14.2 Å². The van der Waals surface area contributed by atoms with Gasteiger partial charge in [-0.3, -0.25) is 24.1 Å². The first-order chi connectivity index (χ1) is 19.9. The SMILES string of the molecule is COc1ccc(C[C@H](NC(=O)[C@H](C)NC(=O)CN2CCOCC2)C(=O)N[C@@H](CC2CC(F)(F)C2)C(=O)[C@]2(C)CO2)cc1. The van der Waals surface area contributed by atoms with Gasteiger partial charge in [0.05, 0.1) is 39.5 Å². The highest BCUT2D eigenvalue weighted by Gasteiger charge is 2.53. The van der Waals surface area contributed by atoms with Crippen molar-refractivity contribution in [3.8, 4) is 5.75 Å². The summed E-state index contributed by atoms with van der Waals surface area (Å²) in [5, 5.41) is 8.08. The maximum absolute atomic E-state index is 13.6. The van der Waals surface area contributed by atoms with Crippen molar-refractivity contribution >= 4 is 23.5 Å². The van der Waals surface area contributed by atoms with Crippen molar-refractivity contribution in [3.05, 3.63) is 29.8 Å². The molecule has 0 radical (unpaired) electrons. The van der Waals surface area contributed by atoms with Crippen LogP contribution < -0.4 is 20.7 Å². The molecule has 2 heterocycles. The number of nitrogens with zero attached hydrogens (tertiary/aromatic N) is 1. The molecule has 2 aliphatic heterocycles. The predicted octanol–water partition coefficient (Wildman–Crippen LogP) is 0.838. The number of epoxide rings is 1. The summed E-state index contributed by atoms with van der Waals surface area (Å²) in [6, 6.07) is 3.82. The standard InChI is InChI=1S/C29H40F2N4O7/c1-18(32-24(36)16-35-8-10-41-11-9-35)26(38)34-23(12-19-4-6-21(40-3)7-5-19)27(39)33-22(25(37)28(2)17-42-28)13-20-14-29(30,31)15-20/h4-7,18,20,22-23H,8-17H2,1-3H3,(H,32,36)(H,33,39)(H,34,38)/t18-,22-,23-,28-/m0/s1. The number of ketones is 1. The van der Waals surface area contributed by atoms with Gasteiger partial charge in [-0.15, -0.1) is 0 Å². The summed E-state index contributed by atoms with van der Waals surface area (Å²) >= 11 is 0. The van der Waals surface area contributed by atoms with E-state index in [2.05, 4.69) is 16.0 Å². The van der Waals surface area contributed by atoms with E-state index in [9.17, 15) is 28.0 Å². The first kappa shape index (κ1) is 31.8. The fourth-order valence-electron chi connectivity index (χ4n) is 5.23. The van der Waals surface area contributed by atoms with E-state index in [0.29, 0.717) is 37.6 Å². The molecule has 3 amide bonds. The van der Waals surface area contributed by atoms with Crippen molar-refractivity contribution in [3.63, 3.8) is 0 Å². The lowest BCUT2D eigenvalue weighted by Gasteiger charge is -2.37. The third-order valence-electron chi connectivity index (χ3n) is 7.95. The summed E-state index contributed by atoms with van der Waals surface area (Å²) in [6.45, 7) is 5.70. The zero-order chi connectivity index (χ0) is 30.5. The molecular formula is C29H40F2N4O7. The summed E-state index contributed by atoms with van der Waals surface area (Å²) in [6.07, 6.45) is -0.571. The van der Waals surface area contributed by atoms with Crippen molar-refractivity contribution < 1.29 is 42.2 Å². The summed E-state index contributed by atoms with van der Waals surface area (Å²) in [4.78, 5) is 54.4. The minimum Gasteiger partial charge on any atom is -0.497 e. The molecule has 1 aliphatic carbocycles. The molecule has 232 valence electrons. The fourth-order valence-corrected chi connectivity index (χ4v) is 5.23. The number of carbonyl (C=O) groups is 4. The number of benzene rings is 1. The summed E-state index contributed by atoms with van der Waals surface area (Å²) in [5.74, 6) is -4.53. The highest BCUT2D eigenvalue weighted by molar-refractivity contribution is 5.98. The Bertz CT molecular complexity index is 1130. The molecule has 3 aliphatic rings. The largest absolute Gasteiger partial charge is 0.497 e. The lowest BCUT2D eigenvalue weighted by atomic mass is 9.76. The molecular weight excluding hydrogens is 554 g/mol. The number of hydrogen-bond acceptors (Lipinski definition) is 8. The van der Waals surface area contributed by atoms with Crippen molar-refractivity contribution in [2.24, 2.45) is 5.92 Å². The fraction of sp³-hybridized carbons (Fsp3) is 0.655. The number of carbonyl (C=O) groups excluding carboxylic acids is 4. The van der Waals surface area contributed by atoms with Gasteiger partial charge in [0.25, 0.3) is 0 Å². The van der Waals surface area contributed by atoms with Crippen LogP contribution in [0.2, 0.25) is 0 Å². The lowest BCUT2D eigenvalue weighted by molar-refractivity contribution is -0.137. The van der Waals surface area contributed by atoms with Gasteiger partial charge in [-0.2, -0.15) is 0 Å². The maximum Gasteiger partial charge on any atom is 0.248 e. The van der Waals surface area contributed by atoms with E-state index in [1.807, 2.05) is 4.90 Å². The van der Waals surface area contributed by atoms with Crippen LogP contribution in [-0.2, 0) is 35.1 Å². The quantitative estimate of drug-likeness (QED) is 0.270. The van der Waals surface area contributed by atoms with E-state index in [0.717, 1.165) is 0 Å². The Labute approximate surface area is 244 Å².